The van der Waals surface area contributed by atoms with Crippen LogP contribution >= 0.6 is 15.9 Å². The molecule has 0 aromatic heterocycles. The lowest BCUT2D eigenvalue weighted by atomic mass is 9.92. The van der Waals surface area contributed by atoms with Gasteiger partial charge in [-0.05, 0) is 18.2 Å². The summed E-state index contributed by atoms with van der Waals surface area (Å²) in [6.45, 7) is 2.90. The smallest absolute Gasteiger partial charge is 0.255 e. The van der Waals surface area contributed by atoms with Crippen LogP contribution in [0.15, 0.2) is 22.7 Å². The fourth-order valence-corrected chi connectivity index (χ4v) is 3.20. The largest absolute Gasteiger partial charge is 0.362 e. The van der Waals surface area contributed by atoms with Gasteiger partial charge in [0.1, 0.15) is 5.66 Å². The first-order valence-electron chi connectivity index (χ1n) is 6.65. The van der Waals surface area contributed by atoms with Gasteiger partial charge in [-0.15, -0.1) is 0 Å². The Balaban J connectivity index is 1.83. The van der Waals surface area contributed by atoms with Crippen LogP contribution in [0.4, 0.5) is 5.69 Å². The second-order valence-electron chi connectivity index (χ2n) is 5.36. The Morgan fingerprint density at radius 3 is 2.65 bits per heavy atom. The summed E-state index contributed by atoms with van der Waals surface area (Å²) in [5.74, 6) is 0.0302. The van der Waals surface area contributed by atoms with Crippen molar-refractivity contribution in [3.8, 4) is 0 Å². The second kappa shape index (κ2) is 4.77. The van der Waals surface area contributed by atoms with E-state index in [4.69, 9.17) is 0 Å². The summed E-state index contributed by atoms with van der Waals surface area (Å²) in [5.41, 5.74) is 1.08. The van der Waals surface area contributed by atoms with Gasteiger partial charge in [-0.1, -0.05) is 15.9 Å². The van der Waals surface area contributed by atoms with E-state index in [1.165, 1.54) is 0 Å². The highest BCUT2D eigenvalue weighted by atomic mass is 79.9. The Morgan fingerprint density at radius 2 is 2.00 bits per heavy atom. The maximum Gasteiger partial charge on any atom is 0.255 e. The average molecular weight is 338 g/mol. The molecule has 6 heteroatoms. The molecule has 2 amide bonds. The van der Waals surface area contributed by atoms with E-state index in [2.05, 4.69) is 26.6 Å². The van der Waals surface area contributed by atoms with Crippen LogP contribution in [0.2, 0.25) is 0 Å². The lowest BCUT2D eigenvalue weighted by Gasteiger charge is -2.45. The van der Waals surface area contributed by atoms with Crippen molar-refractivity contribution in [2.45, 2.75) is 25.4 Å². The van der Waals surface area contributed by atoms with Gasteiger partial charge in [0, 0.05) is 43.0 Å². The summed E-state index contributed by atoms with van der Waals surface area (Å²) >= 11 is 3.38. The highest BCUT2D eigenvalue weighted by molar-refractivity contribution is 9.10. The van der Waals surface area contributed by atoms with E-state index in [0.717, 1.165) is 10.2 Å². The summed E-state index contributed by atoms with van der Waals surface area (Å²) in [6, 6.07) is 5.65. The number of fused-ring (bicyclic) bond motifs is 1. The number of hydrogen-bond acceptors (Lipinski definition) is 3. The molecule has 2 aliphatic heterocycles. The minimum absolute atomic E-state index is 0.0590. The predicted molar refractivity (Wildman–Crippen MR) is 79.4 cm³/mol. The molecule has 1 saturated heterocycles. The molecule has 2 aliphatic rings. The van der Waals surface area contributed by atoms with Crippen molar-refractivity contribution in [2.24, 2.45) is 0 Å². The van der Waals surface area contributed by atoms with Crippen molar-refractivity contribution in [2.75, 3.05) is 18.4 Å². The second-order valence-corrected chi connectivity index (χ2v) is 6.27. The van der Waals surface area contributed by atoms with Gasteiger partial charge >= 0.3 is 0 Å². The van der Waals surface area contributed by atoms with Crippen molar-refractivity contribution < 1.29 is 9.59 Å². The van der Waals surface area contributed by atoms with Crippen LogP contribution < -0.4 is 10.6 Å². The molecule has 2 heterocycles. The average Bonchev–Trinajstić information content (AvgIpc) is 2.40. The van der Waals surface area contributed by atoms with Crippen LogP contribution in [-0.2, 0) is 4.79 Å². The summed E-state index contributed by atoms with van der Waals surface area (Å²) in [6.07, 6.45) is 1.43. The lowest BCUT2D eigenvalue weighted by molar-refractivity contribution is -0.130. The quantitative estimate of drug-likeness (QED) is 0.760. The van der Waals surface area contributed by atoms with Gasteiger partial charge in [0.25, 0.3) is 5.91 Å². The molecule has 0 atom stereocenters. The number of carbonyl (C=O) groups is 2. The SMILES string of the molecule is CC(=O)N1CCC2(CC1)NC(=O)c1cc(Br)ccc1N2. The molecule has 2 N–H and O–H groups in total. The van der Waals surface area contributed by atoms with Crippen LogP contribution in [0.25, 0.3) is 0 Å². The molecule has 0 radical (unpaired) electrons. The van der Waals surface area contributed by atoms with Crippen LogP contribution in [0.5, 0.6) is 0 Å². The molecule has 1 aromatic carbocycles. The topological polar surface area (TPSA) is 61.4 Å². The normalized spacial score (nSPS) is 20.1. The molecule has 1 spiro atoms. The number of benzene rings is 1. The van der Waals surface area contributed by atoms with Gasteiger partial charge in [0.15, 0.2) is 0 Å². The van der Waals surface area contributed by atoms with E-state index < -0.39 is 5.66 Å². The van der Waals surface area contributed by atoms with E-state index in [1.54, 1.807) is 6.92 Å². The number of anilines is 1. The molecule has 0 saturated carbocycles. The van der Waals surface area contributed by atoms with Crippen molar-refractivity contribution in [1.82, 2.24) is 10.2 Å². The fraction of sp³-hybridized carbons (Fsp3) is 0.429. The Labute approximate surface area is 125 Å². The van der Waals surface area contributed by atoms with Crippen molar-refractivity contribution in [3.63, 3.8) is 0 Å². The number of nitrogens with one attached hydrogen (secondary N) is 2. The highest BCUT2D eigenvalue weighted by Crippen LogP contribution is 2.32. The first-order chi connectivity index (χ1) is 9.49. The Kier molecular flexibility index (Phi) is 3.20. The third-order valence-electron chi connectivity index (χ3n) is 4.02. The number of amides is 2. The van der Waals surface area contributed by atoms with E-state index in [0.29, 0.717) is 31.5 Å². The third-order valence-corrected chi connectivity index (χ3v) is 4.51. The lowest BCUT2D eigenvalue weighted by Crippen LogP contribution is -2.62. The van der Waals surface area contributed by atoms with Gasteiger partial charge in [-0.2, -0.15) is 0 Å². The molecule has 3 rings (SSSR count). The van der Waals surface area contributed by atoms with Crippen molar-refractivity contribution in [3.05, 3.63) is 28.2 Å². The number of nitrogens with zero attached hydrogens (tertiary/aromatic N) is 1. The van der Waals surface area contributed by atoms with E-state index >= 15 is 0 Å². The van der Waals surface area contributed by atoms with Crippen molar-refractivity contribution >= 4 is 33.4 Å². The zero-order valence-corrected chi connectivity index (χ0v) is 12.8. The van der Waals surface area contributed by atoms with Gasteiger partial charge in [-0.3, -0.25) is 9.59 Å². The fourth-order valence-electron chi connectivity index (χ4n) is 2.84. The molecule has 5 nitrogen and oxygen atoms in total. The number of rotatable bonds is 0. The Hall–Kier alpha value is -1.56. The standard InChI is InChI=1S/C14H16BrN3O2/c1-9(19)18-6-4-14(5-7-18)16-12-3-2-10(15)8-11(12)13(20)17-14/h2-3,8,16H,4-7H2,1H3,(H,17,20). The maximum atomic E-state index is 12.3. The van der Waals surface area contributed by atoms with E-state index in [1.807, 2.05) is 23.1 Å². The van der Waals surface area contributed by atoms with Crippen molar-refractivity contribution in [1.29, 1.82) is 0 Å². The van der Waals surface area contributed by atoms with Gasteiger partial charge in [-0.25, -0.2) is 0 Å². The first-order valence-corrected chi connectivity index (χ1v) is 7.44. The van der Waals surface area contributed by atoms with Crippen LogP contribution in [0.3, 0.4) is 0 Å². The van der Waals surface area contributed by atoms with Crippen LogP contribution in [0, 0.1) is 0 Å². The number of likely N-dealkylation sites (tertiary alicyclic amines) is 1. The molecular formula is C14H16BrN3O2. The molecule has 0 bridgehead atoms. The monoisotopic (exact) mass is 337 g/mol. The number of hydrogen-bond donors (Lipinski definition) is 2. The zero-order valence-electron chi connectivity index (χ0n) is 11.2. The van der Waals surface area contributed by atoms with Crippen LogP contribution in [0.1, 0.15) is 30.1 Å². The molecule has 106 valence electrons. The Morgan fingerprint density at radius 1 is 1.30 bits per heavy atom. The summed E-state index contributed by atoms with van der Waals surface area (Å²) < 4.78 is 0.885. The third kappa shape index (κ3) is 2.28. The number of piperidine rings is 1. The molecule has 20 heavy (non-hydrogen) atoms. The molecule has 0 aliphatic carbocycles. The van der Waals surface area contributed by atoms with E-state index in [9.17, 15) is 9.59 Å². The van der Waals surface area contributed by atoms with E-state index in [-0.39, 0.29) is 11.8 Å². The Bertz CT molecular complexity index is 580. The minimum Gasteiger partial charge on any atom is -0.362 e. The number of halogens is 1. The minimum atomic E-state index is -0.427. The van der Waals surface area contributed by atoms with Gasteiger partial charge in [0.2, 0.25) is 5.91 Å². The number of carbonyl (C=O) groups excluding carboxylic acids is 2. The predicted octanol–water partition coefficient (Wildman–Crippen LogP) is 1.94. The molecule has 0 unspecified atom stereocenters. The zero-order chi connectivity index (χ0) is 14.3. The molecular weight excluding hydrogens is 322 g/mol. The van der Waals surface area contributed by atoms with Crippen LogP contribution in [-0.4, -0.2) is 35.5 Å². The van der Waals surface area contributed by atoms with Gasteiger partial charge < -0.3 is 15.5 Å². The summed E-state index contributed by atoms with van der Waals surface area (Å²) in [7, 11) is 0. The molecule has 1 aromatic rings. The summed E-state index contributed by atoms with van der Waals surface area (Å²) in [4.78, 5) is 25.5. The summed E-state index contributed by atoms with van der Waals surface area (Å²) in [5, 5.41) is 6.50. The first kappa shape index (κ1) is 13.4. The van der Waals surface area contributed by atoms with Gasteiger partial charge in [0.05, 0.1) is 5.56 Å². The maximum absolute atomic E-state index is 12.3. The highest BCUT2D eigenvalue weighted by Gasteiger charge is 2.40. The molecule has 1 fully saturated rings.